The zero-order chi connectivity index (χ0) is 34.9. The van der Waals surface area contributed by atoms with Crippen molar-refractivity contribution in [2.24, 2.45) is 11.5 Å². The van der Waals surface area contributed by atoms with Crippen LogP contribution in [0.5, 0.6) is 0 Å². The van der Waals surface area contributed by atoms with Gasteiger partial charge in [-0.1, -0.05) is 0 Å². The molecule has 6 atom stereocenters. The van der Waals surface area contributed by atoms with Crippen molar-refractivity contribution in [2.75, 3.05) is 19.6 Å². The highest BCUT2D eigenvalue weighted by molar-refractivity contribution is 5.97. The molecule has 0 radical (unpaired) electrons. The van der Waals surface area contributed by atoms with Crippen LogP contribution in [0, 0.1) is 0 Å². The lowest BCUT2D eigenvalue weighted by atomic mass is 10.1. The van der Waals surface area contributed by atoms with Crippen molar-refractivity contribution in [1.29, 1.82) is 0 Å². The molecule has 0 spiro atoms. The van der Waals surface area contributed by atoms with E-state index in [1.807, 2.05) is 5.32 Å². The standard InChI is InChI=1S/C24H40N8O12/c1-11(20(40)31-14(8-17(36)37)21(41)27-6-7-33)29-23(43)15(9-18(38)39)32-22(42)13(4-3-5-25)30-16(35)10-28-24(44)19(26)12(2)34/h7,11-15,19,34H,3-6,8-10,25-26H2,1-2H3,(H,27,41)(H,28,44)(H,29,43)(H,30,35)(H,31,40)(H,32,42)(H,36,37)(H,38,39)/t11-,12-,13+,14+,15+,19+/m1/s1/i/hD. The number of carboxylic acids is 2. The number of nitrogens with one attached hydrogen (secondary N) is 6. The maximum absolute atomic E-state index is 13.0. The Morgan fingerprint density at radius 2 is 1.32 bits per heavy atom. The van der Waals surface area contributed by atoms with Gasteiger partial charge in [-0.15, -0.1) is 0 Å². The van der Waals surface area contributed by atoms with Crippen LogP contribution < -0.4 is 43.4 Å². The molecule has 44 heavy (non-hydrogen) atoms. The first-order valence-electron chi connectivity index (χ1n) is 13.7. The van der Waals surface area contributed by atoms with Gasteiger partial charge in [0.1, 0.15) is 36.5 Å². The fourth-order valence-corrected chi connectivity index (χ4v) is 3.29. The number of carbonyl (C=O) groups excluding carboxylic acids is 7. The van der Waals surface area contributed by atoms with Crippen molar-refractivity contribution >= 4 is 53.7 Å². The highest BCUT2D eigenvalue weighted by Crippen LogP contribution is 2.02. The molecule has 248 valence electrons. The van der Waals surface area contributed by atoms with Crippen LogP contribution in [-0.2, 0) is 43.2 Å². The first-order chi connectivity index (χ1) is 20.9. The van der Waals surface area contributed by atoms with Gasteiger partial charge in [-0.3, -0.25) is 38.4 Å². The Bertz CT molecular complexity index is 1110. The molecule has 0 aromatic rings. The molecule has 20 nitrogen and oxygen atoms in total. The molecule has 0 aliphatic carbocycles. The molecule has 6 amide bonds. The molecule has 0 bridgehead atoms. The van der Waals surface area contributed by atoms with E-state index in [0.717, 1.165) is 6.92 Å². The van der Waals surface area contributed by atoms with Crippen LogP contribution in [0.1, 0.15) is 39.5 Å². The summed E-state index contributed by atoms with van der Waals surface area (Å²) < 4.78 is 7.47. The fraction of sp³-hybridized carbons (Fsp3) is 0.625. The van der Waals surface area contributed by atoms with Crippen molar-refractivity contribution in [3.63, 3.8) is 0 Å². The molecule has 0 heterocycles. The van der Waals surface area contributed by atoms with Gasteiger partial charge in [0.05, 0.1) is 32.0 Å². The number of aliphatic carboxylic acids is 2. The molecular weight excluding hydrogens is 592 g/mol. The third-order valence-corrected chi connectivity index (χ3v) is 5.67. The summed E-state index contributed by atoms with van der Waals surface area (Å²) in [5, 5.41) is 38.6. The van der Waals surface area contributed by atoms with Gasteiger partial charge in [-0.25, -0.2) is 0 Å². The van der Waals surface area contributed by atoms with Gasteiger partial charge >= 0.3 is 11.9 Å². The molecule has 0 aromatic heterocycles. The molecule has 0 rings (SSSR count). The number of aldehydes is 1. The monoisotopic (exact) mass is 633 g/mol. The Balaban J connectivity index is 5.60. The van der Waals surface area contributed by atoms with Crippen molar-refractivity contribution < 1.29 is 59.9 Å². The maximum Gasteiger partial charge on any atom is 0.305 e. The van der Waals surface area contributed by atoms with Crippen molar-refractivity contribution in [2.45, 2.75) is 75.8 Å². The molecule has 0 fully saturated rings. The third-order valence-electron chi connectivity index (χ3n) is 5.67. The second-order valence-corrected chi connectivity index (χ2v) is 9.43. The molecule has 0 saturated heterocycles. The summed E-state index contributed by atoms with van der Waals surface area (Å²) in [6, 6.07) is -7.79. The molecule has 13 N–H and O–H groups in total. The SMILES string of the molecule is [2H]N(CC=O)C(=O)[C@H](CC(=O)O)NC(=O)[C@@H](C)NC(=O)[C@H](CC(=O)O)NC(=O)[C@H](CCCN)NC(=O)CNC(=O)[C@@H](N)[C@@H](C)O. The van der Waals surface area contributed by atoms with E-state index in [2.05, 4.69) is 21.3 Å². The van der Waals surface area contributed by atoms with Crippen LogP contribution >= 0.6 is 0 Å². The van der Waals surface area contributed by atoms with Gasteiger partial charge in [0.2, 0.25) is 35.4 Å². The van der Waals surface area contributed by atoms with E-state index in [9.17, 15) is 53.4 Å². The van der Waals surface area contributed by atoms with Gasteiger partial charge < -0.3 is 63.5 Å². The third kappa shape index (κ3) is 15.5. The average Bonchev–Trinajstić information content (AvgIpc) is 2.95. The largest absolute Gasteiger partial charge is 0.481 e. The van der Waals surface area contributed by atoms with Gasteiger partial charge in [-0.05, 0) is 33.2 Å². The Morgan fingerprint density at radius 1 is 0.795 bits per heavy atom. The first-order valence-corrected chi connectivity index (χ1v) is 13.2. The zero-order valence-corrected chi connectivity index (χ0v) is 24.1. The minimum absolute atomic E-state index is 0.0639. The highest BCUT2D eigenvalue weighted by Gasteiger charge is 2.31. The molecule has 0 aromatic carbocycles. The van der Waals surface area contributed by atoms with Gasteiger partial charge in [0, 0.05) is 0 Å². The van der Waals surface area contributed by atoms with E-state index in [0.29, 0.717) is 0 Å². The van der Waals surface area contributed by atoms with E-state index in [4.69, 9.17) is 18.0 Å². The van der Waals surface area contributed by atoms with Crippen molar-refractivity contribution in [3.05, 3.63) is 0 Å². The van der Waals surface area contributed by atoms with Crippen LogP contribution in [0.3, 0.4) is 0 Å². The van der Waals surface area contributed by atoms with Crippen molar-refractivity contribution in [3.8, 4) is 0 Å². The van der Waals surface area contributed by atoms with Crippen LogP contribution in [0.4, 0.5) is 0 Å². The Hall–Kier alpha value is -4.69. The normalized spacial score (nSPS) is 15.0. The number of hydrogen-bond acceptors (Lipinski definition) is 12. The fourth-order valence-electron chi connectivity index (χ4n) is 3.29. The van der Waals surface area contributed by atoms with E-state index in [-0.39, 0.29) is 31.0 Å². The summed E-state index contributed by atoms with van der Waals surface area (Å²) in [7, 11) is 0. The molecule has 20 heteroatoms. The lowest BCUT2D eigenvalue weighted by molar-refractivity contribution is -0.141. The summed E-state index contributed by atoms with van der Waals surface area (Å²) in [6.45, 7) is 1.09. The van der Waals surface area contributed by atoms with E-state index >= 15 is 0 Å². The number of rotatable bonds is 21. The van der Waals surface area contributed by atoms with E-state index in [1.165, 1.54) is 6.92 Å². The summed E-state index contributed by atoms with van der Waals surface area (Å²) in [5.74, 6) is -9.33. The minimum Gasteiger partial charge on any atom is -0.481 e. The van der Waals surface area contributed by atoms with Crippen molar-refractivity contribution in [1.82, 2.24) is 31.9 Å². The highest BCUT2D eigenvalue weighted by atomic mass is 16.4. The number of carbonyl (C=O) groups is 9. The van der Waals surface area contributed by atoms with Crippen LogP contribution in [-0.4, -0.2) is 125 Å². The van der Waals surface area contributed by atoms with E-state index < -0.39 is 110 Å². The number of aliphatic hydroxyl groups excluding tert-OH is 1. The molecule has 0 unspecified atom stereocenters. The second-order valence-electron chi connectivity index (χ2n) is 9.43. The van der Waals surface area contributed by atoms with Gasteiger partial charge in [-0.2, -0.15) is 0 Å². The quantitative estimate of drug-likeness (QED) is 0.0524. The molecule has 0 aliphatic heterocycles. The number of aliphatic hydroxyl groups is 1. The Labute approximate surface area is 252 Å². The smallest absolute Gasteiger partial charge is 0.305 e. The predicted octanol–water partition coefficient (Wildman–Crippen LogP) is -6.23. The summed E-state index contributed by atoms with van der Waals surface area (Å²) >= 11 is 0. The van der Waals surface area contributed by atoms with Crippen LogP contribution in [0.25, 0.3) is 0 Å². The predicted molar refractivity (Wildman–Crippen MR) is 148 cm³/mol. The Morgan fingerprint density at radius 3 is 1.82 bits per heavy atom. The van der Waals surface area contributed by atoms with E-state index in [1.54, 1.807) is 0 Å². The minimum atomic E-state index is -1.79. The molecular formula is C24H40N8O12. The summed E-state index contributed by atoms with van der Waals surface area (Å²) in [4.78, 5) is 108. The average molecular weight is 634 g/mol. The first kappa shape index (κ1) is 37.3. The van der Waals surface area contributed by atoms with Gasteiger partial charge in [0.25, 0.3) is 0 Å². The lowest BCUT2D eigenvalue weighted by Crippen LogP contribution is -2.58. The second kappa shape index (κ2) is 20.3. The molecule has 0 saturated carbocycles. The summed E-state index contributed by atoms with van der Waals surface area (Å²) in [5.41, 5.74) is 11.0. The molecule has 0 aliphatic rings. The van der Waals surface area contributed by atoms with Gasteiger partial charge in [0.15, 0.2) is 1.41 Å². The number of amides is 6. The van der Waals surface area contributed by atoms with Crippen LogP contribution in [0.15, 0.2) is 0 Å². The Kier molecular flexibility index (Phi) is 17.2. The number of hydrogen-bond donors (Lipinski definition) is 11. The van der Waals surface area contributed by atoms with Crippen LogP contribution in [0.2, 0.25) is 1.41 Å². The number of nitrogens with two attached hydrogens (primary N) is 2. The number of carboxylic acid groups (broad SMARTS) is 2. The zero-order valence-electron chi connectivity index (χ0n) is 25.1. The summed E-state index contributed by atoms with van der Waals surface area (Å²) in [6.07, 6.45) is -2.82. The topological polar surface area (TPSA) is 339 Å². The maximum atomic E-state index is 13.0. The lowest BCUT2D eigenvalue weighted by Gasteiger charge is -2.24.